The third-order valence-electron chi connectivity index (χ3n) is 6.14. The molecule has 0 spiro atoms. The van der Waals surface area contributed by atoms with Crippen molar-refractivity contribution in [2.45, 2.75) is 58.1 Å². The summed E-state index contributed by atoms with van der Waals surface area (Å²) < 4.78 is 28.7. The Hall–Kier alpha value is -3.07. The van der Waals surface area contributed by atoms with E-state index in [1.165, 1.54) is 35.2 Å². The van der Waals surface area contributed by atoms with Crippen molar-refractivity contribution in [2.75, 3.05) is 10.8 Å². The van der Waals surface area contributed by atoms with Crippen LogP contribution in [0.3, 0.4) is 0 Å². The predicted molar refractivity (Wildman–Crippen MR) is 157 cm³/mol. The molecule has 0 heterocycles. The van der Waals surface area contributed by atoms with E-state index in [2.05, 4.69) is 5.32 Å². The Bertz CT molecular complexity index is 1430. The van der Waals surface area contributed by atoms with Gasteiger partial charge >= 0.3 is 0 Å². The van der Waals surface area contributed by atoms with Gasteiger partial charge in [0.15, 0.2) is 0 Å². The summed E-state index contributed by atoms with van der Waals surface area (Å²) in [5, 5.41) is 3.20. The molecule has 0 radical (unpaired) electrons. The number of amides is 2. The van der Waals surface area contributed by atoms with Gasteiger partial charge in [-0.25, -0.2) is 8.42 Å². The van der Waals surface area contributed by atoms with Crippen molar-refractivity contribution in [2.24, 2.45) is 0 Å². The van der Waals surface area contributed by atoms with E-state index in [4.69, 9.17) is 23.2 Å². The number of halogens is 2. The monoisotopic (exact) mass is 589 g/mol. The number of nitrogens with one attached hydrogen (secondary N) is 1. The largest absolute Gasteiger partial charge is 0.352 e. The van der Waals surface area contributed by atoms with E-state index in [9.17, 15) is 18.0 Å². The zero-order valence-electron chi connectivity index (χ0n) is 22.6. The van der Waals surface area contributed by atoms with Gasteiger partial charge < -0.3 is 10.2 Å². The first kappa shape index (κ1) is 30.5. The molecule has 0 aliphatic carbocycles. The molecule has 0 unspecified atom stereocenters. The molecule has 0 aliphatic rings. The summed E-state index contributed by atoms with van der Waals surface area (Å²) in [6, 6.07) is 17.3. The number of benzene rings is 3. The van der Waals surface area contributed by atoms with Crippen LogP contribution in [0, 0.1) is 13.8 Å². The van der Waals surface area contributed by atoms with Crippen molar-refractivity contribution in [3.63, 3.8) is 0 Å². The highest BCUT2D eigenvalue weighted by molar-refractivity contribution is 7.92. The van der Waals surface area contributed by atoms with Crippen molar-refractivity contribution >= 4 is 50.7 Å². The molecular formula is C29H33Cl2N3O4S. The first-order chi connectivity index (χ1) is 18.3. The molecule has 2 amide bonds. The zero-order chi connectivity index (χ0) is 28.9. The third-order valence-corrected chi connectivity index (χ3v) is 8.47. The van der Waals surface area contributed by atoms with E-state index in [1.54, 1.807) is 19.1 Å². The Morgan fingerprint density at radius 1 is 0.872 bits per heavy atom. The van der Waals surface area contributed by atoms with Crippen LogP contribution < -0.4 is 9.62 Å². The molecule has 7 nitrogen and oxygen atoms in total. The fourth-order valence-corrected chi connectivity index (χ4v) is 5.77. The van der Waals surface area contributed by atoms with Gasteiger partial charge in [-0.1, -0.05) is 70.7 Å². The van der Waals surface area contributed by atoms with Crippen LogP contribution in [0.5, 0.6) is 0 Å². The van der Waals surface area contributed by atoms with Crippen LogP contribution in [0.25, 0.3) is 0 Å². The Balaban J connectivity index is 2.07. The first-order valence-electron chi connectivity index (χ1n) is 12.5. The van der Waals surface area contributed by atoms with Gasteiger partial charge in [-0.15, -0.1) is 0 Å². The van der Waals surface area contributed by atoms with Gasteiger partial charge in [-0.2, -0.15) is 0 Å². The molecular weight excluding hydrogens is 557 g/mol. The quantitative estimate of drug-likeness (QED) is 0.326. The van der Waals surface area contributed by atoms with E-state index in [0.717, 1.165) is 21.0 Å². The second-order valence-corrected chi connectivity index (χ2v) is 12.5. The Kier molecular flexibility index (Phi) is 10.0. The molecule has 0 saturated heterocycles. The molecule has 39 heavy (non-hydrogen) atoms. The number of carbonyl (C=O) groups is 2. The van der Waals surface area contributed by atoms with E-state index in [-0.39, 0.29) is 39.1 Å². The van der Waals surface area contributed by atoms with Crippen LogP contribution >= 0.6 is 23.2 Å². The second-order valence-electron chi connectivity index (χ2n) is 9.77. The summed E-state index contributed by atoms with van der Waals surface area (Å²) in [5.74, 6) is -0.923. The van der Waals surface area contributed by atoms with E-state index in [1.807, 2.05) is 52.0 Å². The predicted octanol–water partition coefficient (Wildman–Crippen LogP) is 5.75. The number of aryl methyl sites for hydroxylation is 2. The molecule has 3 aromatic carbocycles. The average Bonchev–Trinajstić information content (AvgIpc) is 2.87. The maximum Gasteiger partial charge on any atom is 0.264 e. The number of nitrogens with zero attached hydrogens (tertiary/aromatic N) is 2. The number of sulfonamides is 1. The van der Waals surface area contributed by atoms with E-state index >= 15 is 0 Å². The van der Waals surface area contributed by atoms with Crippen LogP contribution in [0.2, 0.25) is 10.0 Å². The van der Waals surface area contributed by atoms with Crippen molar-refractivity contribution in [1.29, 1.82) is 0 Å². The highest BCUT2D eigenvalue weighted by Gasteiger charge is 2.33. The topological polar surface area (TPSA) is 86.8 Å². The molecule has 208 valence electrons. The van der Waals surface area contributed by atoms with Crippen LogP contribution in [-0.2, 0) is 26.2 Å². The van der Waals surface area contributed by atoms with Crippen molar-refractivity contribution < 1.29 is 18.0 Å². The molecule has 0 saturated carbocycles. The second kappa shape index (κ2) is 12.9. The number of rotatable bonds is 10. The SMILES string of the molecule is Cc1ccc(CN(C(=O)CN(c2cc(Cl)ccc2Cl)S(=O)(=O)c2ccc(C)cc2)[C@@H](C)C(=O)NC(C)C)cc1. The molecule has 1 N–H and O–H groups in total. The van der Waals surface area contributed by atoms with Gasteiger partial charge in [0.1, 0.15) is 12.6 Å². The van der Waals surface area contributed by atoms with Crippen LogP contribution in [0.4, 0.5) is 5.69 Å². The minimum absolute atomic E-state index is 0.00683. The minimum Gasteiger partial charge on any atom is -0.352 e. The molecule has 0 fully saturated rings. The molecule has 3 rings (SSSR count). The molecule has 1 atom stereocenters. The van der Waals surface area contributed by atoms with Gasteiger partial charge in [-0.05, 0) is 70.5 Å². The maximum absolute atomic E-state index is 13.9. The lowest BCUT2D eigenvalue weighted by Gasteiger charge is -2.32. The Morgan fingerprint density at radius 3 is 2.00 bits per heavy atom. The fourth-order valence-electron chi connectivity index (χ4n) is 3.91. The van der Waals surface area contributed by atoms with Gasteiger partial charge in [-0.3, -0.25) is 13.9 Å². The summed E-state index contributed by atoms with van der Waals surface area (Å²) in [6.07, 6.45) is 0. The van der Waals surface area contributed by atoms with Gasteiger partial charge in [0.25, 0.3) is 10.0 Å². The maximum atomic E-state index is 13.9. The Labute approximate surface area is 240 Å². The summed E-state index contributed by atoms with van der Waals surface area (Å²) >= 11 is 12.6. The number of anilines is 1. The van der Waals surface area contributed by atoms with Crippen molar-refractivity contribution in [3.8, 4) is 0 Å². The molecule has 0 aliphatic heterocycles. The van der Waals surface area contributed by atoms with E-state index in [0.29, 0.717) is 0 Å². The number of carbonyl (C=O) groups excluding carboxylic acids is 2. The normalized spacial score (nSPS) is 12.2. The Morgan fingerprint density at radius 2 is 1.44 bits per heavy atom. The van der Waals surface area contributed by atoms with E-state index < -0.39 is 28.5 Å². The molecule has 10 heteroatoms. The number of hydrogen-bond donors (Lipinski definition) is 1. The minimum atomic E-state index is -4.24. The lowest BCUT2D eigenvalue weighted by atomic mass is 10.1. The summed E-state index contributed by atoms with van der Waals surface area (Å²) in [5.41, 5.74) is 2.79. The summed E-state index contributed by atoms with van der Waals surface area (Å²) in [6.45, 7) is 8.58. The van der Waals surface area contributed by atoms with Crippen LogP contribution in [-0.4, -0.2) is 43.8 Å². The summed E-state index contributed by atoms with van der Waals surface area (Å²) in [4.78, 5) is 28.3. The highest BCUT2D eigenvalue weighted by Crippen LogP contribution is 2.33. The highest BCUT2D eigenvalue weighted by atomic mass is 35.5. The molecule has 0 bridgehead atoms. The van der Waals surface area contributed by atoms with Crippen molar-refractivity contribution in [3.05, 3.63) is 93.5 Å². The zero-order valence-corrected chi connectivity index (χ0v) is 24.9. The van der Waals surface area contributed by atoms with Crippen LogP contribution in [0.15, 0.2) is 71.6 Å². The smallest absolute Gasteiger partial charge is 0.264 e. The lowest BCUT2D eigenvalue weighted by molar-refractivity contribution is -0.139. The first-order valence-corrected chi connectivity index (χ1v) is 14.7. The van der Waals surface area contributed by atoms with Gasteiger partial charge in [0.05, 0.1) is 15.6 Å². The summed E-state index contributed by atoms with van der Waals surface area (Å²) in [7, 11) is -4.24. The van der Waals surface area contributed by atoms with Gasteiger partial charge in [0.2, 0.25) is 11.8 Å². The van der Waals surface area contributed by atoms with Crippen LogP contribution in [0.1, 0.15) is 37.5 Å². The van der Waals surface area contributed by atoms with Crippen molar-refractivity contribution in [1.82, 2.24) is 10.2 Å². The third kappa shape index (κ3) is 7.75. The molecule has 0 aromatic heterocycles. The average molecular weight is 591 g/mol. The standard InChI is InChI=1S/C29H33Cl2N3O4S/c1-19(2)32-29(36)22(5)33(17-23-10-6-20(3)7-11-23)28(35)18-34(27-16-24(30)12-15-26(27)31)39(37,38)25-13-8-21(4)9-14-25/h6-16,19,22H,17-18H2,1-5H3,(H,32,36)/t22-/m0/s1. The molecule has 3 aromatic rings. The van der Waals surface area contributed by atoms with Gasteiger partial charge in [0, 0.05) is 17.6 Å². The lowest BCUT2D eigenvalue weighted by Crippen LogP contribution is -2.52. The fraction of sp³-hybridized carbons (Fsp3) is 0.310. The number of hydrogen-bond acceptors (Lipinski definition) is 4.